The van der Waals surface area contributed by atoms with Crippen molar-refractivity contribution in [2.75, 3.05) is 39.2 Å². The van der Waals surface area contributed by atoms with Gasteiger partial charge >= 0.3 is 6.18 Å². The van der Waals surface area contributed by atoms with Crippen LogP contribution in [0.1, 0.15) is 18.1 Å². The van der Waals surface area contributed by atoms with E-state index in [1.165, 1.54) is 12.1 Å². The van der Waals surface area contributed by atoms with Crippen LogP contribution in [0.25, 0.3) is 5.70 Å². The van der Waals surface area contributed by atoms with Gasteiger partial charge in [-0.15, -0.1) is 0 Å². The van der Waals surface area contributed by atoms with Crippen LogP contribution in [0.3, 0.4) is 0 Å². The summed E-state index contributed by atoms with van der Waals surface area (Å²) in [6.07, 6.45) is -4.56. The zero-order valence-corrected chi connectivity index (χ0v) is 17.3. The summed E-state index contributed by atoms with van der Waals surface area (Å²) in [5.41, 5.74) is 0.191. The van der Waals surface area contributed by atoms with E-state index in [0.717, 1.165) is 6.07 Å². The minimum absolute atomic E-state index is 0.206. The first-order valence-corrected chi connectivity index (χ1v) is 9.37. The molecule has 0 radical (unpaired) electrons. The first kappa shape index (κ1) is 22.9. The third-order valence-corrected chi connectivity index (χ3v) is 4.28. The van der Waals surface area contributed by atoms with Crippen LogP contribution < -0.4 is 14.8 Å². The fourth-order valence-corrected chi connectivity index (χ4v) is 2.82. The number of ether oxygens (including phenoxy) is 2. The lowest BCUT2D eigenvalue weighted by molar-refractivity contribution is -0.137. The van der Waals surface area contributed by atoms with Crippen molar-refractivity contribution in [3.05, 3.63) is 59.1 Å². The van der Waals surface area contributed by atoms with Crippen molar-refractivity contribution in [1.82, 2.24) is 4.90 Å². The molecular formula is C21H24ClF3N2O2. The molecule has 2 aromatic carbocycles. The molecule has 0 aliphatic rings. The molecule has 158 valence electrons. The molecule has 0 aromatic heterocycles. The van der Waals surface area contributed by atoms with E-state index >= 15 is 0 Å². The van der Waals surface area contributed by atoms with Gasteiger partial charge in [0.1, 0.15) is 18.1 Å². The standard InChI is InChI=1S/C21H24ClF3N2O2/c1-5-28-18-7-6-8-19(29-12-11-27(3)4)20(18)14(2)26-15-9-10-17(22)16(13-15)21(23,24)25/h6-10,13,26H,2,5,11-12H2,1,3-4H3. The van der Waals surface area contributed by atoms with E-state index in [4.69, 9.17) is 21.1 Å². The molecule has 0 heterocycles. The maximum Gasteiger partial charge on any atom is 0.417 e. The highest BCUT2D eigenvalue weighted by atomic mass is 35.5. The molecule has 0 fully saturated rings. The highest BCUT2D eigenvalue weighted by Crippen LogP contribution is 2.38. The zero-order valence-electron chi connectivity index (χ0n) is 16.6. The lowest BCUT2D eigenvalue weighted by Crippen LogP contribution is -2.20. The number of rotatable bonds is 9. The van der Waals surface area contributed by atoms with Gasteiger partial charge < -0.3 is 19.7 Å². The number of benzene rings is 2. The number of hydrogen-bond acceptors (Lipinski definition) is 4. The topological polar surface area (TPSA) is 33.7 Å². The Balaban J connectivity index is 2.33. The summed E-state index contributed by atoms with van der Waals surface area (Å²) >= 11 is 5.69. The molecule has 0 bridgehead atoms. The number of anilines is 1. The van der Waals surface area contributed by atoms with Crippen LogP contribution >= 0.6 is 11.6 Å². The van der Waals surface area contributed by atoms with E-state index in [2.05, 4.69) is 11.9 Å². The highest BCUT2D eigenvalue weighted by molar-refractivity contribution is 6.31. The van der Waals surface area contributed by atoms with Crippen LogP contribution in [0.2, 0.25) is 5.02 Å². The monoisotopic (exact) mass is 428 g/mol. The Hall–Kier alpha value is -2.38. The molecule has 2 aromatic rings. The van der Waals surface area contributed by atoms with Crippen molar-refractivity contribution >= 4 is 23.0 Å². The SMILES string of the molecule is C=C(Nc1ccc(Cl)c(C(F)(F)F)c1)c1c(OCC)cccc1OCCN(C)C. The fourth-order valence-electron chi connectivity index (χ4n) is 2.60. The first-order valence-electron chi connectivity index (χ1n) is 8.99. The van der Waals surface area contributed by atoms with E-state index in [-0.39, 0.29) is 10.7 Å². The number of nitrogens with one attached hydrogen (secondary N) is 1. The summed E-state index contributed by atoms with van der Waals surface area (Å²) in [5.74, 6) is 1.05. The Labute approximate surface area is 173 Å². The number of nitrogens with zero attached hydrogens (tertiary/aromatic N) is 1. The molecule has 29 heavy (non-hydrogen) atoms. The van der Waals surface area contributed by atoms with E-state index < -0.39 is 11.7 Å². The third-order valence-electron chi connectivity index (χ3n) is 3.95. The van der Waals surface area contributed by atoms with E-state index in [1.807, 2.05) is 25.9 Å². The first-order chi connectivity index (χ1) is 13.6. The molecule has 0 aliphatic carbocycles. The Morgan fingerprint density at radius 1 is 1.14 bits per heavy atom. The van der Waals surface area contributed by atoms with Crippen molar-refractivity contribution in [3.63, 3.8) is 0 Å². The molecule has 0 aliphatic heterocycles. The maximum atomic E-state index is 13.1. The van der Waals surface area contributed by atoms with Gasteiger partial charge in [0.25, 0.3) is 0 Å². The summed E-state index contributed by atoms with van der Waals surface area (Å²) in [4.78, 5) is 1.98. The molecule has 2 rings (SSSR count). The quantitative estimate of drug-likeness (QED) is 0.549. The normalized spacial score (nSPS) is 11.4. The second-order valence-electron chi connectivity index (χ2n) is 6.51. The predicted molar refractivity (Wildman–Crippen MR) is 111 cm³/mol. The molecule has 0 spiro atoms. The molecule has 0 atom stereocenters. The maximum absolute atomic E-state index is 13.1. The Morgan fingerprint density at radius 3 is 2.38 bits per heavy atom. The van der Waals surface area contributed by atoms with Crippen LogP contribution in [0.5, 0.6) is 11.5 Å². The molecule has 0 amide bonds. The lowest BCUT2D eigenvalue weighted by atomic mass is 10.1. The Morgan fingerprint density at radius 2 is 1.79 bits per heavy atom. The third kappa shape index (κ3) is 6.30. The summed E-state index contributed by atoms with van der Waals surface area (Å²) < 4.78 is 51.0. The van der Waals surface area contributed by atoms with E-state index in [0.29, 0.717) is 42.5 Å². The minimum Gasteiger partial charge on any atom is -0.493 e. The lowest BCUT2D eigenvalue weighted by Gasteiger charge is -2.20. The molecular weight excluding hydrogens is 405 g/mol. The number of alkyl halides is 3. The average molecular weight is 429 g/mol. The van der Waals surface area contributed by atoms with E-state index in [9.17, 15) is 13.2 Å². The summed E-state index contributed by atoms with van der Waals surface area (Å²) in [6.45, 7) is 7.38. The van der Waals surface area contributed by atoms with Gasteiger partial charge in [0.2, 0.25) is 0 Å². The Kier molecular flexibility index (Phi) is 7.81. The van der Waals surface area contributed by atoms with Gasteiger partial charge in [-0.2, -0.15) is 13.2 Å². The van der Waals surface area contributed by atoms with Gasteiger partial charge in [-0.1, -0.05) is 24.2 Å². The van der Waals surface area contributed by atoms with Crippen LogP contribution in [0.4, 0.5) is 18.9 Å². The molecule has 8 heteroatoms. The summed E-state index contributed by atoms with van der Waals surface area (Å²) in [6, 6.07) is 8.92. The molecule has 0 unspecified atom stereocenters. The van der Waals surface area contributed by atoms with Crippen molar-refractivity contribution < 1.29 is 22.6 Å². The minimum atomic E-state index is -4.56. The number of halogens is 4. The predicted octanol–water partition coefficient (Wildman–Crippen LogP) is 5.78. The number of likely N-dealkylation sites (N-methyl/N-ethyl adjacent to an activating group) is 1. The van der Waals surface area contributed by atoms with Crippen LogP contribution in [-0.4, -0.2) is 38.8 Å². The largest absolute Gasteiger partial charge is 0.493 e. The Bertz CT molecular complexity index is 854. The number of hydrogen-bond donors (Lipinski definition) is 1. The van der Waals surface area contributed by atoms with Crippen LogP contribution in [0.15, 0.2) is 43.0 Å². The van der Waals surface area contributed by atoms with Crippen LogP contribution in [0, 0.1) is 0 Å². The smallest absolute Gasteiger partial charge is 0.417 e. The van der Waals surface area contributed by atoms with Crippen molar-refractivity contribution in [2.45, 2.75) is 13.1 Å². The van der Waals surface area contributed by atoms with Gasteiger partial charge in [0.05, 0.1) is 22.8 Å². The van der Waals surface area contributed by atoms with Crippen molar-refractivity contribution in [2.24, 2.45) is 0 Å². The summed E-state index contributed by atoms with van der Waals surface area (Å²) in [5, 5.41) is 2.55. The van der Waals surface area contributed by atoms with Crippen molar-refractivity contribution in [1.29, 1.82) is 0 Å². The average Bonchev–Trinajstić information content (AvgIpc) is 2.62. The summed E-state index contributed by atoms with van der Waals surface area (Å²) in [7, 11) is 3.86. The van der Waals surface area contributed by atoms with Crippen molar-refractivity contribution in [3.8, 4) is 11.5 Å². The second-order valence-corrected chi connectivity index (χ2v) is 6.92. The highest BCUT2D eigenvalue weighted by Gasteiger charge is 2.33. The second kappa shape index (κ2) is 9.89. The van der Waals surface area contributed by atoms with Gasteiger partial charge in [0.15, 0.2) is 0 Å². The zero-order chi connectivity index (χ0) is 21.6. The molecule has 0 saturated heterocycles. The van der Waals surface area contributed by atoms with Gasteiger partial charge in [0, 0.05) is 17.9 Å². The van der Waals surface area contributed by atoms with Gasteiger partial charge in [-0.25, -0.2) is 0 Å². The van der Waals surface area contributed by atoms with Gasteiger partial charge in [-0.3, -0.25) is 0 Å². The van der Waals surface area contributed by atoms with E-state index in [1.54, 1.807) is 18.2 Å². The molecule has 0 saturated carbocycles. The van der Waals surface area contributed by atoms with Crippen LogP contribution in [-0.2, 0) is 6.18 Å². The molecule has 1 N–H and O–H groups in total. The molecule has 4 nitrogen and oxygen atoms in total. The fraction of sp³-hybridized carbons (Fsp3) is 0.333. The van der Waals surface area contributed by atoms with Gasteiger partial charge in [-0.05, 0) is 51.4 Å².